The fourth-order valence-electron chi connectivity index (χ4n) is 4.28. The number of urea groups is 1. The van der Waals surface area contributed by atoms with Crippen LogP contribution in [-0.4, -0.2) is 67.3 Å². The molecule has 2 aliphatic carbocycles. The molecular formula is C18H33N3O2. The van der Waals surface area contributed by atoms with Gasteiger partial charge in [0, 0.05) is 51.3 Å². The Kier molecular flexibility index (Phi) is 4.38. The van der Waals surface area contributed by atoms with E-state index in [1.54, 1.807) is 7.11 Å². The third kappa shape index (κ3) is 3.10. The van der Waals surface area contributed by atoms with Crippen LogP contribution in [0.3, 0.4) is 0 Å². The summed E-state index contributed by atoms with van der Waals surface area (Å²) in [5.41, 5.74) is -0.165. The number of nitrogens with one attached hydrogen (secondary N) is 1. The number of amides is 2. The van der Waals surface area contributed by atoms with Crippen LogP contribution in [0, 0.1) is 11.3 Å². The van der Waals surface area contributed by atoms with Crippen LogP contribution in [0.1, 0.15) is 46.5 Å². The Morgan fingerprint density at radius 2 is 2.00 bits per heavy atom. The maximum atomic E-state index is 12.6. The number of carbonyl (C=O) groups is 1. The van der Waals surface area contributed by atoms with E-state index in [2.05, 4.69) is 31.0 Å². The zero-order valence-corrected chi connectivity index (χ0v) is 15.4. The summed E-state index contributed by atoms with van der Waals surface area (Å²) >= 11 is 0. The summed E-state index contributed by atoms with van der Waals surface area (Å²) in [5, 5.41) is 3.24. The van der Waals surface area contributed by atoms with Gasteiger partial charge in [0.25, 0.3) is 0 Å². The lowest BCUT2D eigenvalue weighted by Gasteiger charge is -2.61. The first kappa shape index (κ1) is 17.0. The molecule has 1 saturated heterocycles. The van der Waals surface area contributed by atoms with Crippen LogP contribution in [0.25, 0.3) is 0 Å². The molecule has 0 unspecified atom stereocenters. The van der Waals surface area contributed by atoms with Gasteiger partial charge in [-0.2, -0.15) is 0 Å². The highest BCUT2D eigenvalue weighted by Crippen LogP contribution is 2.53. The van der Waals surface area contributed by atoms with E-state index in [4.69, 9.17) is 4.74 Å². The van der Waals surface area contributed by atoms with Crippen LogP contribution in [0.4, 0.5) is 4.79 Å². The van der Waals surface area contributed by atoms with Gasteiger partial charge in [-0.05, 0) is 38.5 Å². The first-order valence-corrected chi connectivity index (χ1v) is 9.07. The molecule has 3 aliphatic rings. The lowest BCUT2D eigenvalue weighted by atomic mass is 9.55. The van der Waals surface area contributed by atoms with Crippen molar-refractivity contribution in [1.29, 1.82) is 0 Å². The van der Waals surface area contributed by atoms with E-state index < -0.39 is 0 Å². The number of methoxy groups -OCH3 is 1. The predicted molar refractivity (Wildman–Crippen MR) is 91.5 cm³/mol. The molecule has 0 spiro atoms. The van der Waals surface area contributed by atoms with Crippen LogP contribution in [0.5, 0.6) is 0 Å². The Bertz CT molecular complexity index is 463. The fraction of sp³-hybridized carbons (Fsp3) is 0.944. The normalized spacial score (nSPS) is 36.6. The Morgan fingerprint density at radius 3 is 2.57 bits per heavy atom. The van der Waals surface area contributed by atoms with Gasteiger partial charge in [0.05, 0.1) is 5.60 Å². The average molecular weight is 323 g/mol. The maximum absolute atomic E-state index is 12.6. The van der Waals surface area contributed by atoms with Gasteiger partial charge in [-0.1, -0.05) is 13.8 Å². The number of carbonyl (C=O) groups excluding carboxylic acids is 1. The molecule has 1 aliphatic heterocycles. The van der Waals surface area contributed by atoms with Crippen molar-refractivity contribution in [2.24, 2.45) is 11.3 Å². The molecule has 3 fully saturated rings. The number of likely N-dealkylation sites (tertiary alicyclic amines) is 1. The molecule has 0 aromatic rings. The van der Waals surface area contributed by atoms with Crippen molar-refractivity contribution in [3.05, 3.63) is 0 Å². The smallest absolute Gasteiger partial charge is 0.317 e. The molecule has 5 heteroatoms. The van der Waals surface area contributed by atoms with E-state index in [1.807, 2.05) is 11.9 Å². The molecule has 23 heavy (non-hydrogen) atoms. The summed E-state index contributed by atoms with van der Waals surface area (Å²) in [7, 11) is 3.69. The molecule has 1 N–H and O–H groups in total. The molecule has 0 radical (unpaired) electrons. The monoisotopic (exact) mass is 323 g/mol. The number of nitrogens with zero attached hydrogens (tertiary/aromatic N) is 2. The second-order valence-electron chi connectivity index (χ2n) is 8.63. The molecule has 0 aromatic carbocycles. The van der Waals surface area contributed by atoms with Gasteiger partial charge in [-0.15, -0.1) is 0 Å². The van der Waals surface area contributed by atoms with Gasteiger partial charge in [-0.25, -0.2) is 4.79 Å². The third-order valence-corrected chi connectivity index (χ3v) is 6.83. The Labute approximate surface area is 140 Å². The number of hydrogen-bond donors (Lipinski definition) is 1. The van der Waals surface area contributed by atoms with Crippen molar-refractivity contribution in [3.63, 3.8) is 0 Å². The molecule has 5 nitrogen and oxygen atoms in total. The second-order valence-corrected chi connectivity index (χ2v) is 8.63. The lowest BCUT2D eigenvalue weighted by Crippen LogP contribution is -2.69. The topological polar surface area (TPSA) is 44.8 Å². The Morgan fingerprint density at radius 1 is 1.30 bits per heavy atom. The van der Waals surface area contributed by atoms with Crippen LogP contribution >= 0.6 is 0 Å². The Balaban J connectivity index is 1.49. The summed E-state index contributed by atoms with van der Waals surface area (Å²) in [6.45, 7) is 9.90. The summed E-state index contributed by atoms with van der Waals surface area (Å²) in [5.74, 6) is 0.926. The van der Waals surface area contributed by atoms with Gasteiger partial charge >= 0.3 is 6.03 Å². The molecule has 132 valence electrons. The van der Waals surface area contributed by atoms with Crippen molar-refractivity contribution < 1.29 is 9.53 Å². The Hall–Kier alpha value is -0.810. The average Bonchev–Trinajstić information content (AvgIpc) is 3.22. The molecule has 2 saturated carbocycles. The van der Waals surface area contributed by atoms with Gasteiger partial charge < -0.3 is 19.9 Å². The molecule has 3 rings (SSSR count). The number of ether oxygens (including phenoxy) is 1. The summed E-state index contributed by atoms with van der Waals surface area (Å²) in [6.07, 6.45) is 4.77. The number of hydrogen-bond acceptors (Lipinski definition) is 3. The van der Waals surface area contributed by atoms with Gasteiger partial charge in [0.2, 0.25) is 0 Å². The van der Waals surface area contributed by atoms with E-state index in [9.17, 15) is 4.79 Å². The quantitative estimate of drug-likeness (QED) is 0.844. The minimum atomic E-state index is -0.138. The highest BCUT2D eigenvalue weighted by Gasteiger charge is 2.59. The van der Waals surface area contributed by atoms with E-state index in [-0.39, 0.29) is 23.1 Å². The van der Waals surface area contributed by atoms with Crippen molar-refractivity contribution in [3.8, 4) is 0 Å². The third-order valence-electron chi connectivity index (χ3n) is 6.83. The second kappa shape index (κ2) is 5.92. The largest absolute Gasteiger partial charge is 0.378 e. The molecule has 1 heterocycles. The molecular weight excluding hydrogens is 290 g/mol. The molecule has 2 amide bonds. The first-order chi connectivity index (χ1) is 10.8. The summed E-state index contributed by atoms with van der Waals surface area (Å²) < 4.78 is 5.67. The van der Waals surface area contributed by atoms with Crippen LogP contribution in [0.2, 0.25) is 0 Å². The molecule has 0 aromatic heterocycles. The SMILES string of the molecule is CO[C@]1(C)C[C@H](N(C)C(=O)N[C@@H]2CCN(CC3CC3)C2)C1(C)C. The highest BCUT2D eigenvalue weighted by atomic mass is 16.5. The maximum Gasteiger partial charge on any atom is 0.317 e. The highest BCUT2D eigenvalue weighted by molar-refractivity contribution is 5.75. The lowest BCUT2D eigenvalue weighted by molar-refractivity contribution is -0.198. The van der Waals surface area contributed by atoms with Gasteiger partial charge in [0.15, 0.2) is 0 Å². The van der Waals surface area contributed by atoms with E-state index >= 15 is 0 Å². The number of rotatable bonds is 5. The van der Waals surface area contributed by atoms with E-state index in [0.29, 0.717) is 6.04 Å². The predicted octanol–water partition coefficient (Wildman–Crippen LogP) is 2.32. The van der Waals surface area contributed by atoms with Gasteiger partial charge in [0.1, 0.15) is 0 Å². The standard InChI is InChI=1S/C18H33N3O2/c1-17(2)15(10-18(17,3)23-5)20(4)16(22)19-14-8-9-21(12-14)11-13-6-7-13/h13-15H,6-12H2,1-5H3,(H,19,22)/t14-,15+,18-/m1/s1. The van der Waals surface area contributed by atoms with Crippen molar-refractivity contribution in [1.82, 2.24) is 15.1 Å². The van der Waals surface area contributed by atoms with Crippen molar-refractivity contribution in [2.75, 3.05) is 33.8 Å². The van der Waals surface area contributed by atoms with Gasteiger partial charge in [-0.3, -0.25) is 0 Å². The van der Waals surface area contributed by atoms with E-state index in [1.165, 1.54) is 19.4 Å². The van der Waals surface area contributed by atoms with Crippen molar-refractivity contribution >= 4 is 6.03 Å². The molecule has 3 atom stereocenters. The van der Waals surface area contributed by atoms with E-state index in [0.717, 1.165) is 31.8 Å². The zero-order valence-electron chi connectivity index (χ0n) is 15.4. The summed E-state index contributed by atoms with van der Waals surface area (Å²) in [4.78, 5) is 17.0. The summed E-state index contributed by atoms with van der Waals surface area (Å²) in [6, 6.07) is 0.608. The van der Waals surface area contributed by atoms with Crippen LogP contribution in [-0.2, 0) is 4.74 Å². The van der Waals surface area contributed by atoms with Crippen molar-refractivity contribution in [2.45, 2.75) is 64.1 Å². The van der Waals surface area contributed by atoms with Crippen LogP contribution < -0.4 is 5.32 Å². The first-order valence-electron chi connectivity index (χ1n) is 9.07. The van der Waals surface area contributed by atoms with Crippen LogP contribution in [0.15, 0.2) is 0 Å². The minimum Gasteiger partial charge on any atom is -0.378 e. The molecule has 0 bridgehead atoms. The fourth-order valence-corrected chi connectivity index (χ4v) is 4.28. The minimum absolute atomic E-state index is 0.0263. The zero-order chi connectivity index (χ0) is 16.8.